The molecule has 1 aliphatic heterocycles. The molecule has 0 saturated carbocycles. The van der Waals surface area contributed by atoms with Crippen LogP contribution in [-0.2, 0) is 22.5 Å². The van der Waals surface area contributed by atoms with E-state index < -0.39 is 18.1 Å². The first-order valence-electron chi connectivity index (χ1n) is 11.0. The summed E-state index contributed by atoms with van der Waals surface area (Å²) >= 11 is 0. The summed E-state index contributed by atoms with van der Waals surface area (Å²) in [4.78, 5) is 26.8. The lowest BCUT2D eigenvalue weighted by Crippen LogP contribution is -2.47. The number of cyclic esters (lactones) is 1. The van der Waals surface area contributed by atoms with Crippen LogP contribution in [0.1, 0.15) is 37.8 Å². The summed E-state index contributed by atoms with van der Waals surface area (Å²) in [5, 5.41) is 14.2. The van der Waals surface area contributed by atoms with Crippen LogP contribution in [0.5, 0.6) is 0 Å². The van der Waals surface area contributed by atoms with Gasteiger partial charge in [-0.25, -0.2) is 9.69 Å². The second-order valence-electron chi connectivity index (χ2n) is 8.21. The minimum atomic E-state index is -0.846. The molecule has 2 amide bonds. The molecule has 4 atom stereocenters. The van der Waals surface area contributed by atoms with Crippen molar-refractivity contribution in [3.8, 4) is 0 Å². The molecular formula is C25H32N2O4. The smallest absolute Gasteiger partial charge is 0.416 e. The number of imide groups is 1. The van der Waals surface area contributed by atoms with E-state index in [1.165, 1.54) is 4.90 Å². The standard InChI is InChI=1S/C25H32N2O4/c1-3-22(23(28)14-18(2)26-16-20-12-8-5-9-13-20)24(29)27-21(17-31-25(27)30)15-19-10-6-4-7-11-19/h4-13,18,21-23,26,28H,3,14-17H2,1-2H3/t18?,21-,22-,23+/m0/s1. The molecular weight excluding hydrogens is 392 g/mol. The predicted octanol–water partition coefficient (Wildman–Crippen LogP) is 3.53. The Morgan fingerprint density at radius 2 is 1.74 bits per heavy atom. The Kier molecular flexibility index (Phi) is 8.20. The lowest BCUT2D eigenvalue weighted by molar-refractivity contribution is -0.137. The van der Waals surface area contributed by atoms with E-state index in [0.29, 0.717) is 25.8 Å². The first-order chi connectivity index (χ1) is 15.0. The number of nitrogens with one attached hydrogen (secondary N) is 1. The van der Waals surface area contributed by atoms with Crippen LogP contribution in [0, 0.1) is 5.92 Å². The largest absolute Gasteiger partial charge is 0.447 e. The highest BCUT2D eigenvalue weighted by Crippen LogP contribution is 2.24. The van der Waals surface area contributed by atoms with Gasteiger partial charge in [0, 0.05) is 12.6 Å². The van der Waals surface area contributed by atoms with Crippen molar-refractivity contribution in [1.29, 1.82) is 0 Å². The molecule has 1 unspecified atom stereocenters. The van der Waals surface area contributed by atoms with E-state index in [1.807, 2.05) is 74.5 Å². The maximum Gasteiger partial charge on any atom is 0.416 e. The zero-order valence-corrected chi connectivity index (χ0v) is 18.2. The molecule has 1 heterocycles. The Labute approximate surface area is 184 Å². The number of amides is 2. The number of hydrogen-bond acceptors (Lipinski definition) is 5. The van der Waals surface area contributed by atoms with Crippen molar-refractivity contribution in [1.82, 2.24) is 10.2 Å². The summed E-state index contributed by atoms with van der Waals surface area (Å²) in [6, 6.07) is 19.4. The van der Waals surface area contributed by atoms with Crippen LogP contribution in [0.4, 0.5) is 4.79 Å². The molecule has 1 aliphatic rings. The van der Waals surface area contributed by atoms with E-state index >= 15 is 0 Å². The number of aliphatic hydroxyl groups is 1. The molecule has 0 radical (unpaired) electrons. The number of benzene rings is 2. The van der Waals surface area contributed by atoms with Crippen LogP contribution < -0.4 is 5.32 Å². The first kappa shape index (κ1) is 23.0. The Morgan fingerprint density at radius 1 is 1.13 bits per heavy atom. The molecule has 2 aromatic carbocycles. The minimum absolute atomic E-state index is 0.0164. The lowest BCUT2D eigenvalue weighted by atomic mass is 9.92. The Hall–Kier alpha value is -2.70. The molecule has 2 N–H and O–H groups in total. The van der Waals surface area contributed by atoms with Crippen molar-refractivity contribution in [2.45, 2.75) is 57.8 Å². The number of nitrogens with zero attached hydrogens (tertiary/aromatic N) is 1. The van der Waals surface area contributed by atoms with Crippen LogP contribution >= 0.6 is 0 Å². The van der Waals surface area contributed by atoms with Gasteiger partial charge in [0.1, 0.15) is 6.61 Å². The zero-order valence-electron chi connectivity index (χ0n) is 18.2. The maximum absolute atomic E-state index is 13.2. The summed E-state index contributed by atoms with van der Waals surface area (Å²) in [5.74, 6) is -1.00. The number of carbonyl (C=O) groups is 2. The van der Waals surface area contributed by atoms with E-state index in [9.17, 15) is 14.7 Å². The number of ether oxygens (including phenoxy) is 1. The summed E-state index contributed by atoms with van der Waals surface area (Å²) in [6.45, 7) is 4.73. The van der Waals surface area contributed by atoms with E-state index in [4.69, 9.17) is 4.74 Å². The average molecular weight is 425 g/mol. The van der Waals surface area contributed by atoms with Gasteiger partial charge in [-0.15, -0.1) is 0 Å². The monoisotopic (exact) mass is 424 g/mol. The maximum atomic E-state index is 13.2. The van der Waals surface area contributed by atoms with Gasteiger partial charge in [0.05, 0.1) is 18.1 Å². The highest BCUT2D eigenvalue weighted by atomic mass is 16.6. The van der Waals surface area contributed by atoms with Gasteiger partial charge >= 0.3 is 6.09 Å². The topological polar surface area (TPSA) is 78.9 Å². The molecule has 31 heavy (non-hydrogen) atoms. The van der Waals surface area contributed by atoms with Gasteiger partial charge < -0.3 is 15.2 Å². The molecule has 166 valence electrons. The second-order valence-corrected chi connectivity index (χ2v) is 8.21. The van der Waals surface area contributed by atoms with Gasteiger partial charge in [-0.05, 0) is 37.3 Å². The first-order valence-corrected chi connectivity index (χ1v) is 11.0. The third-order valence-electron chi connectivity index (χ3n) is 5.83. The molecule has 0 bridgehead atoms. The predicted molar refractivity (Wildman–Crippen MR) is 119 cm³/mol. The summed E-state index contributed by atoms with van der Waals surface area (Å²) < 4.78 is 5.19. The number of hydrogen-bond donors (Lipinski definition) is 2. The third kappa shape index (κ3) is 6.15. The van der Waals surface area contributed by atoms with Crippen molar-refractivity contribution < 1.29 is 19.4 Å². The van der Waals surface area contributed by atoms with Crippen LogP contribution in [-0.4, -0.2) is 46.8 Å². The lowest BCUT2D eigenvalue weighted by Gasteiger charge is -2.28. The van der Waals surface area contributed by atoms with Crippen molar-refractivity contribution >= 4 is 12.0 Å². The van der Waals surface area contributed by atoms with Gasteiger partial charge in [-0.2, -0.15) is 0 Å². The van der Waals surface area contributed by atoms with E-state index in [1.54, 1.807) is 0 Å². The number of rotatable bonds is 10. The summed E-state index contributed by atoms with van der Waals surface area (Å²) in [6.07, 6.45) is -0.0513. The van der Waals surface area contributed by atoms with Gasteiger partial charge in [0.2, 0.25) is 5.91 Å². The van der Waals surface area contributed by atoms with Crippen LogP contribution in [0.25, 0.3) is 0 Å². The van der Waals surface area contributed by atoms with Gasteiger partial charge in [0.25, 0.3) is 0 Å². The van der Waals surface area contributed by atoms with Crippen molar-refractivity contribution in [3.05, 3.63) is 71.8 Å². The zero-order chi connectivity index (χ0) is 22.2. The number of aliphatic hydroxyl groups excluding tert-OH is 1. The van der Waals surface area contributed by atoms with E-state index in [0.717, 1.165) is 11.1 Å². The molecule has 1 saturated heterocycles. The SMILES string of the molecule is CC[C@H](C(=O)N1C(=O)OC[C@@H]1Cc1ccccc1)[C@H](O)CC(C)NCc1ccccc1. The van der Waals surface area contributed by atoms with E-state index in [-0.39, 0.29) is 24.6 Å². The molecule has 3 rings (SSSR count). The fourth-order valence-electron chi connectivity index (χ4n) is 4.05. The Balaban J connectivity index is 1.59. The highest BCUT2D eigenvalue weighted by molar-refractivity contribution is 5.95. The normalized spacial score (nSPS) is 19.0. The fourth-order valence-corrected chi connectivity index (χ4v) is 4.05. The van der Waals surface area contributed by atoms with Gasteiger partial charge in [0.15, 0.2) is 0 Å². The molecule has 6 heteroatoms. The Bertz CT molecular complexity index is 843. The van der Waals surface area contributed by atoms with Crippen LogP contribution in [0.3, 0.4) is 0 Å². The fraction of sp³-hybridized carbons (Fsp3) is 0.440. The summed E-state index contributed by atoms with van der Waals surface area (Å²) in [7, 11) is 0. The molecule has 2 aromatic rings. The molecule has 0 aliphatic carbocycles. The van der Waals surface area contributed by atoms with Gasteiger partial charge in [-0.3, -0.25) is 4.79 Å². The van der Waals surface area contributed by atoms with Crippen molar-refractivity contribution in [3.63, 3.8) is 0 Å². The molecule has 0 aromatic heterocycles. The van der Waals surface area contributed by atoms with Crippen LogP contribution in [0.15, 0.2) is 60.7 Å². The van der Waals surface area contributed by atoms with Crippen molar-refractivity contribution in [2.75, 3.05) is 6.61 Å². The highest BCUT2D eigenvalue weighted by Gasteiger charge is 2.42. The van der Waals surface area contributed by atoms with Crippen molar-refractivity contribution in [2.24, 2.45) is 5.92 Å². The molecule has 1 fully saturated rings. The van der Waals surface area contributed by atoms with E-state index in [2.05, 4.69) is 5.32 Å². The van der Waals surface area contributed by atoms with Gasteiger partial charge in [-0.1, -0.05) is 67.6 Å². The summed E-state index contributed by atoms with van der Waals surface area (Å²) in [5.41, 5.74) is 2.20. The quantitative estimate of drug-likeness (QED) is 0.610. The minimum Gasteiger partial charge on any atom is -0.447 e. The average Bonchev–Trinajstić information content (AvgIpc) is 3.14. The van der Waals surface area contributed by atoms with Crippen LogP contribution in [0.2, 0.25) is 0 Å². The third-order valence-corrected chi connectivity index (χ3v) is 5.83. The second kappa shape index (κ2) is 11.1. The number of carbonyl (C=O) groups excluding carboxylic acids is 2. The Morgan fingerprint density at radius 3 is 2.35 bits per heavy atom. The molecule has 6 nitrogen and oxygen atoms in total. The molecule has 0 spiro atoms.